The van der Waals surface area contributed by atoms with Crippen molar-refractivity contribution >= 4 is 27.5 Å². The molecule has 0 atom stereocenters. The van der Waals surface area contributed by atoms with Gasteiger partial charge in [-0.25, -0.2) is 9.78 Å². The summed E-state index contributed by atoms with van der Waals surface area (Å²) in [6, 6.07) is 9.81. The zero-order chi connectivity index (χ0) is 14.7. The van der Waals surface area contributed by atoms with Crippen molar-refractivity contribution in [2.24, 2.45) is 0 Å². The lowest BCUT2D eigenvalue weighted by Crippen LogP contribution is -2.14. The van der Waals surface area contributed by atoms with Crippen molar-refractivity contribution in [1.29, 1.82) is 0 Å². The first kappa shape index (κ1) is 13.8. The second-order valence-corrected chi connectivity index (χ2v) is 5.56. The van der Waals surface area contributed by atoms with E-state index in [1.54, 1.807) is 17.4 Å². The third kappa shape index (κ3) is 2.96. The predicted octanol–water partition coefficient (Wildman–Crippen LogP) is 2.97. The Bertz CT molecular complexity index is 730. The molecule has 0 spiro atoms. The molecule has 1 aromatic carbocycles. The number of ether oxygens (including phenoxy) is 1. The molecule has 0 bridgehead atoms. The zero-order valence-corrected chi connectivity index (χ0v) is 12.3. The molecule has 0 amide bonds. The monoisotopic (exact) mass is 302 g/mol. The number of nitrogens with zero attached hydrogens (tertiary/aromatic N) is 1. The van der Waals surface area contributed by atoms with Crippen LogP contribution < -0.4 is 5.32 Å². The highest BCUT2D eigenvalue weighted by Crippen LogP contribution is 2.21. The highest BCUT2D eigenvalue weighted by atomic mass is 32.1. The molecule has 2 heterocycles. The van der Waals surface area contributed by atoms with Crippen LogP contribution in [-0.4, -0.2) is 18.1 Å². The van der Waals surface area contributed by atoms with E-state index >= 15 is 0 Å². The van der Waals surface area contributed by atoms with Crippen molar-refractivity contribution < 1.29 is 13.9 Å². The molecule has 0 unspecified atom stereocenters. The largest absolute Gasteiger partial charge is 0.463 e. The number of furan rings is 1. The predicted molar refractivity (Wildman–Crippen MR) is 80.2 cm³/mol. The van der Waals surface area contributed by atoms with E-state index in [9.17, 15) is 4.79 Å². The van der Waals surface area contributed by atoms with Gasteiger partial charge in [0.25, 0.3) is 0 Å². The van der Waals surface area contributed by atoms with E-state index < -0.39 is 5.97 Å². The van der Waals surface area contributed by atoms with Crippen LogP contribution in [0.1, 0.15) is 21.1 Å². The molecule has 0 fully saturated rings. The molecule has 3 aromatic rings. The number of aromatic nitrogens is 1. The summed E-state index contributed by atoms with van der Waals surface area (Å²) in [6.45, 7) is 1.17. The van der Waals surface area contributed by atoms with Crippen molar-refractivity contribution in [3.05, 3.63) is 52.9 Å². The van der Waals surface area contributed by atoms with Crippen molar-refractivity contribution in [3.63, 3.8) is 0 Å². The van der Waals surface area contributed by atoms with Gasteiger partial charge >= 0.3 is 5.97 Å². The van der Waals surface area contributed by atoms with Gasteiger partial charge in [-0.15, -0.1) is 11.3 Å². The number of benzene rings is 1. The van der Waals surface area contributed by atoms with Crippen LogP contribution in [0, 0.1) is 0 Å². The number of hydrogen-bond acceptors (Lipinski definition) is 6. The van der Waals surface area contributed by atoms with E-state index in [4.69, 9.17) is 4.42 Å². The Kier molecular flexibility index (Phi) is 3.98. The first-order valence-electron chi connectivity index (χ1n) is 6.48. The molecule has 3 rings (SSSR count). The van der Waals surface area contributed by atoms with E-state index in [0.717, 1.165) is 16.1 Å². The first-order valence-corrected chi connectivity index (χ1v) is 7.29. The van der Waals surface area contributed by atoms with Gasteiger partial charge in [0, 0.05) is 18.7 Å². The van der Waals surface area contributed by atoms with Gasteiger partial charge in [0.2, 0.25) is 5.76 Å². The number of esters is 1. The molecule has 0 radical (unpaired) electrons. The molecule has 0 saturated carbocycles. The van der Waals surface area contributed by atoms with Crippen molar-refractivity contribution in [3.8, 4) is 0 Å². The second-order valence-electron chi connectivity index (χ2n) is 4.45. The quantitative estimate of drug-likeness (QED) is 0.734. The number of rotatable bonds is 5. The molecular formula is C15H14N2O3S. The van der Waals surface area contributed by atoms with E-state index in [-0.39, 0.29) is 5.76 Å². The lowest BCUT2D eigenvalue weighted by Gasteiger charge is -2.02. The molecule has 21 heavy (non-hydrogen) atoms. The summed E-state index contributed by atoms with van der Waals surface area (Å²) in [5.41, 5.74) is 1.79. The molecular weight excluding hydrogens is 288 g/mol. The SMILES string of the molecule is COC(=O)c1occc1CNCc1nc2ccccc2s1. The van der Waals surface area contributed by atoms with E-state index in [2.05, 4.69) is 21.1 Å². The van der Waals surface area contributed by atoms with Crippen LogP contribution in [0.5, 0.6) is 0 Å². The second kappa shape index (κ2) is 6.07. The fraction of sp³-hybridized carbons (Fsp3) is 0.200. The maximum Gasteiger partial charge on any atom is 0.374 e. The van der Waals surface area contributed by atoms with Gasteiger partial charge in [-0.1, -0.05) is 12.1 Å². The lowest BCUT2D eigenvalue weighted by atomic mass is 10.2. The minimum Gasteiger partial charge on any atom is -0.463 e. The molecule has 2 aromatic heterocycles. The van der Waals surface area contributed by atoms with E-state index in [1.165, 1.54) is 18.1 Å². The zero-order valence-electron chi connectivity index (χ0n) is 11.5. The average molecular weight is 302 g/mol. The van der Waals surface area contributed by atoms with Crippen molar-refractivity contribution in [1.82, 2.24) is 10.3 Å². The maximum atomic E-state index is 11.5. The van der Waals surface area contributed by atoms with Gasteiger partial charge in [0.15, 0.2) is 0 Å². The molecule has 0 aliphatic rings. The highest BCUT2D eigenvalue weighted by Gasteiger charge is 2.15. The molecule has 6 heteroatoms. The minimum absolute atomic E-state index is 0.245. The van der Waals surface area contributed by atoms with Gasteiger partial charge in [-0.3, -0.25) is 0 Å². The Balaban J connectivity index is 1.63. The van der Waals surface area contributed by atoms with Gasteiger partial charge in [0.1, 0.15) is 5.01 Å². The number of thiazole rings is 1. The number of para-hydroxylation sites is 1. The Labute approximate surface area is 125 Å². The fourth-order valence-electron chi connectivity index (χ4n) is 2.05. The summed E-state index contributed by atoms with van der Waals surface area (Å²) in [4.78, 5) is 16.0. The number of carbonyl (C=O) groups is 1. The average Bonchev–Trinajstić information content (AvgIpc) is 3.12. The summed E-state index contributed by atoms with van der Waals surface area (Å²) in [6.07, 6.45) is 1.49. The standard InChI is InChI=1S/C15H14N2O3S/c1-19-15(18)14-10(6-7-20-14)8-16-9-13-17-11-4-2-3-5-12(11)21-13/h2-7,16H,8-9H2,1H3. The molecule has 1 N–H and O–H groups in total. The van der Waals surface area contributed by atoms with Crippen LogP contribution in [0.3, 0.4) is 0 Å². The summed E-state index contributed by atoms with van der Waals surface area (Å²) in [7, 11) is 1.34. The third-order valence-corrected chi connectivity index (χ3v) is 4.08. The summed E-state index contributed by atoms with van der Waals surface area (Å²) in [5, 5.41) is 4.28. The van der Waals surface area contributed by atoms with Gasteiger partial charge in [0.05, 0.1) is 23.6 Å². The van der Waals surface area contributed by atoms with Crippen molar-refractivity contribution in [2.75, 3.05) is 7.11 Å². The van der Waals surface area contributed by atoms with Crippen LogP contribution in [0.25, 0.3) is 10.2 Å². The van der Waals surface area contributed by atoms with Crippen molar-refractivity contribution in [2.45, 2.75) is 13.1 Å². The van der Waals surface area contributed by atoms with Crippen LogP contribution in [0.15, 0.2) is 41.0 Å². The number of nitrogens with one attached hydrogen (secondary N) is 1. The maximum absolute atomic E-state index is 11.5. The van der Waals surface area contributed by atoms with Gasteiger partial charge in [-0.2, -0.15) is 0 Å². The summed E-state index contributed by atoms with van der Waals surface area (Å²) >= 11 is 1.66. The smallest absolute Gasteiger partial charge is 0.374 e. The number of fused-ring (bicyclic) bond motifs is 1. The molecule has 5 nitrogen and oxygen atoms in total. The number of methoxy groups -OCH3 is 1. The number of carbonyl (C=O) groups excluding carboxylic acids is 1. The van der Waals surface area contributed by atoms with Gasteiger partial charge < -0.3 is 14.5 Å². The Morgan fingerprint density at radius 3 is 3.00 bits per heavy atom. The van der Waals surface area contributed by atoms with Gasteiger partial charge in [-0.05, 0) is 18.2 Å². The summed E-state index contributed by atoms with van der Waals surface area (Å²) in [5.74, 6) is -0.217. The first-order chi connectivity index (χ1) is 10.3. The van der Waals surface area contributed by atoms with E-state index in [0.29, 0.717) is 13.1 Å². The topological polar surface area (TPSA) is 64.4 Å². The Morgan fingerprint density at radius 1 is 1.33 bits per heavy atom. The summed E-state index contributed by atoms with van der Waals surface area (Å²) < 4.78 is 11.0. The Hall–Kier alpha value is -2.18. The molecule has 0 aliphatic carbocycles. The van der Waals surface area contributed by atoms with Crippen LogP contribution in [0.4, 0.5) is 0 Å². The third-order valence-electron chi connectivity index (χ3n) is 3.05. The highest BCUT2D eigenvalue weighted by molar-refractivity contribution is 7.18. The molecule has 0 aliphatic heterocycles. The molecule has 108 valence electrons. The Morgan fingerprint density at radius 2 is 2.19 bits per heavy atom. The lowest BCUT2D eigenvalue weighted by molar-refractivity contribution is 0.0563. The minimum atomic E-state index is -0.461. The fourth-order valence-corrected chi connectivity index (χ4v) is 2.98. The van der Waals surface area contributed by atoms with Crippen LogP contribution in [-0.2, 0) is 17.8 Å². The number of hydrogen-bond donors (Lipinski definition) is 1. The molecule has 0 saturated heterocycles. The van der Waals surface area contributed by atoms with Crippen LogP contribution >= 0.6 is 11.3 Å². The normalized spacial score (nSPS) is 10.9. The van der Waals surface area contributed by atoms with Crippen LogP contribution in [0.2, 0.25) is 0 Å². The van der Waals surface area contributed by atoms with E-state index in [1.807, 2.05) is 18.2 Å².